The van der Waals surface area contributed by atoms with E-state index in [1.807, 2.05) is 4.90 Å². The number of anilines is 1. The molecule has 1 N–H and O–H groups in total. The lowest BCUT2D eigenvalue weighted by molar-refractivity contribution is -0.141. The molecule has 1 aromatic carbocycles. The Morgan fingerprint density at radius 1 is 1.15 bits per heavy atom. The zero-order valence-electron chi connectivity index (χ0n) is 21.7. The van der Waals surface area contributed by atoms with Gasteiger partial charge in [0.15, 0.2) is 22.6 Å². The number of carbonyl (C=O) groups excluding carboxylic acids is 1. The van der Waals surface area contributed by atoms with Crippen LogP contribution in [-0.4, -0.2) is 47.3 Å². The van der Waals surface area contributed by atoms with Gasteiger partial charge < -0.3 is 10.2 Å². The molecule has 0 radical (unpaired) electrons. The molecule has 2 fully saturated rings. The summed E-state index contributed by atoms with van der Waals surface area (Å²) in [6.07, 6.45) is 1.23. The minimum atomic E-state index is -4.53. The van der Waals surface area contributed by atoms with Gasteiger partial charge in [0.25, 0.3) is 0 Å². The molecule has 13 heteroatoms. The van der Waals surface area contributed by atoms with Gasteiger partial charge >= 0.3 is 6.18 Å². The van der Waals surface area contributed by atoms with E-state index in [1.165, 1.54) is 11.8 Å². The first-order chi connectivity index (χ1) is 19.0. The topological polar surface area (TPSA) is 57.6 Å². The summed E-state index contributed by atoms with van der Waals surface area (Å²) in [6, 6.07) is 4.34. The van der Waals surface area contributed by atoms with Crippen LogP contribution in [0, 0.1) is 29.3 Å². The molecule has 2 bridgehead atoms. The van der Waals surface area contributed by atoms with E-state index in [4.69, 9.17) is 16.6 Å². The van der Waals surface area contributed by atoms with Crippen molar-refractivity contribution in [1.82, 2.24) is 10.3 Å². The molecule has 5 nitrogen and oxygen atoms in total. The maximum Gasteiger partial charge on any atom is 0.433 e. The molecule has 1 saturated carbocycles. The smallest absolute Gasteiger partial charge is 0.371 e. The highest BCUT2D eigenvalue weighted by Crippen LogP contribution is 2.41. The van der Waals surface area contributed by atoms with Crippen molar-refractivity contribution in [2.75, 3.05) is 30.1 Å². The van der Waals surface area contributed by atoms with Crippen molar-refractivity contribution in [3.05, 3.63) is 59.2 Å². The lowest BCUT2D eigenvalue weighted by atomic mass is 9.92. The van der Waals surface area contributed by atoms with Crippen molar-refractivity contribution in [1.29, 1.82) is 0 Å². The van der Waals surface area contributed by atoms with Crippen LogP contribution < -0.4 is 10.2 Å². The van der Waals surface area contributed by atoms with Crippen LogP contribution in [0.1, 0.15) is 49.3 Å². The average Bonchev–Trinajstić information content (AvgIpc) is 3.14. The van der Waals surface area contributed by atoms with Gasteiger partial charge in [0.2, 0.25) is 5.91 Å². The van der Waals surface area contributed by atoms with Crippen molar-refractivity contribution < 1.29 is 31.1 Å². The maximum absolute atomic E-state index is 14.6. The predicted molar refractivity (Wildman–Crippen MR) is 144 cm³/mol. The van der Waals surface area contributed by atoms with Gasteiger partial charge in [-0.3, -0.25) is 14.8 Å². The van der Waals surface area contributed by atoms with Gasteiger partial charge in [-0.15, -0.1) is 11.6 Å². The lowest BCUT2D eigenvalue weighted by Gasteiger charge is -2.38. The highest BCUT2D eigenvalue weighted by Gasteiger charge is 2.43. The van der Waals surface area contributed by atoms with Crippen LogP contribution in [0.15, 0.2) is 35.5 Å². The fraction of sp³-hybridized carbons (Fsp3) is 0.519. The predicted octanol–water partition coefficient (Wildman–Crippen LogP) is 6.76. The van der Waals surface area contributed by atoms with E-state index >= 15 is 0 Å². The number of thioether (sulfide) groups is 1. The summed E-state index contributed by atoms with van der Waals surface area (Å²) in [5.74, 6) is -5.58. The molecular weight excluding hydrogens is 578 g/mol. The number of hydrogen-bond donors (Lipinski definition) is 1. The minimum Gasteiger partial charge on any atom is -0.371 e. The second-order valence-corrected chi connectivity index (χ2v) is 11.2. The number of piperidine rings is 1. The van der Waals surface area contributed by atoms with E-state index in [-0.39, 0.29) is 29.9 Å². The van der Waals surface area contributed by atoms with Crippen LogP contribution in [0.5, 0.6) is 0 Å². The molecule has 2 aliphatic rings. The monoisotopic (exact) mass is 606 g/mol. The summed E-state index contributed by atoms with van der Waals surface area (Å²) in [4.78, 5) is 23.5. The summed E-state index contributed by atoms with van der Waals surface area (Å²) < 4.78 is 81.6. The van der Waals surface area contributed by atoms with E-state index in [0.29, 0.717) is 42.7 Å². The Balaban J connectivity index is 1.50. The standard InChI is InChI=1S/C27H29ClF6N4OS/c1-40-26(37-25(39)19(4-2-3-10-28)18-7-8-20(29)23(31)22(18)30)36-24-15-5-6-16(24)14-38(13-15)17-9-11-35-21(12-17)27(32,33)34/h7-9,11-12,15-16,19,24H,2-6,10,13-14H2,1H3,(H,36,37,39)/t15-,16?,19?,24?/m0/s1. The Kier molecular flexibility index (Phi) is 9.92. The van der Waals surface area contributed by atoms with Gasteiger partial charge in [-0.2, -0.15) is 13.2 Å². The number of benzene rings is 1. The molecule has 1 aliphatic carbocycles. The summed E-state index contributed by atoms with van der Waals surface area (Å²) in [5, 5.41) is 3.06. The zero-order valence-corrected chi connectivity index (χ0v) is 23.2. The number of fused-ring (bicyclic) bond motifs is 2. The first kappa shape index (κ1) is 30.5. The molecule has 1 aliphatic heterocycles. The van der Waals surface area contributed by atoms with Gasteiger partial charge in [0, 0.05) is 36.4 Å². The molecule has 2 heterocycles. The van der Waals surface area contributed by atoms with E-state index in [2.05, 4.69) is 10.3 Å². The molecule has 4 rings (SSSR count). The zero-order chi connectivity index (χ0) is 29.0. The highest BCUT2D eigenvalue weighted by molar-refractivity contribution is 8.13. The Bertz CT molecular complexity index is 1230. The highest BCUT2D eigenvalue weighted by atomic mass is 35.5. The van der Waals surface area contributed by atoms with E-state index in [1.54, 1.807) is 12.3 Å². The van der Waals surface area contributed by atoms with Crippen LogP contribution in [0.2, 0.25) is 0 Å². The number of hydrogen-bond acceptors (Lipinski definition) is 5. The molecule has 218 valence electrons. The lowest BCUT2D eigenvalue weighted by Crippen LogP contribution is -2.45. The number of halogens is 7. The van der Waals surface area contributed by atoms with E-state index in [9.17, 15) is 31.1 Å². The molecule has 4 atom stereocenters. The summed E-state index contributed by atoms with van der Waals surface area (Å²) in [6.45, 7) is 1.01. The maximum atomic E-state index is 14.6. The minimum absolute atomic E-state index is 0.0588. The molecule has 1 amide bonds. The third-order valence-corrected chi connectivity index (χ3v) is 8.37. The molecule has 1 aromatic heterocycles. The number of unbranched alkanes of at least 4 members (excludes halogenated alkanes) is 1. The Hall–Kier alpha value is -2.47. The van der Waals surface area contributed by atoms with Gasteiger partial charge in [-0.05, 0) is 62.0 Å². The number of aromatic nitrogens is 1. The second-order valence-electron chi connectivity index (χ2n) is 10.0. The van der Waals surface area contributed by atoms with Crippen molar-refractivity contribution in [2.45, 2.75) is 50.2 Å². The first-order valence-electron chi connectivity index (χ1n) is 12.9. The van der Waals surface area contributed by atoms with E-state index < -0.39 is 41.1 Å². The number of alkyl halides is 4. The Morgan fingerprint density at radius 3 is 2.48 bits per heavy atom. The van der Waals surface area contributed by atoms with Crippen LogP contribution in [-0.2, 0) is 11.0 Å². The van der Waals surface area contributed by atoms with Crippen molar-refractivity contribution >= 4 is 40.1 Å². The van der Waals surface area contributed by atoms with Crippen molar-refractivity contribution in [3.8, 4) is 0 Å². The summed E-state index contributed by atoms with van der Waals surface area (Å²) in [5.41, 5.74) is -0.730. The third-order valence-electron chi connectivity index (χ3n) is 7.51. The van der Waals surface area contributed by atoms with Gasteiger partial charge in [0.05, 0.1) is 12.0 Å². The second kappa shape index (κ2) is 13.0. The molecule has 0 spiro atoms. The SMILES string of the molecule is CSC(=NC1C2CC[C@H]1CN(c1ccnc(C(F)(F)F)c1)C2)NC(=O)C(CCCCCl)c1ccc(F)c(F)c1F. The fourth-order valence-corrected chi connectivity index (χ4v) is 6.15. The van der Waals surface area contributed by atoms with Crippen LogP contribution in [0.4, 0.5) is 32.0 Å². The molecular formula is C27H29ClF6N4OS. The van der Waals surface area contributed by atoms with Gasteiger partial charge in [-0.1, -0.05) is 24.2 Å². The Morgan fingerprint density at radius 2 is 1.85 bits per heavy atom. The molecule has 3 unspecified atom stereocenters. The molecule has 1 saturated heterocycles. The number of rotatable bonds is 8. The third kappa shape index (κ3) is 6.87. The van der Waals surface area contributed by atoms with Crippen molar-refractivity contribution in [2.24, 2.45) is 16.8 Å². The number of amides is 1. The van der Waals surface area contributed by atoms with Crippen molar-refractivity contribution in [3.63, 3.8) is 0 Å². The average molecular weight is 607 g/mol. The van der Waals surface area contributed by atoms with Crippen LogP contribution in [0.25, 0.3) is 0 Å². The van der Waals surface area contributed by atoms with Gasteiger partial charge in [0.1, 0.15) is 5.69 Å². The molecule has 40 heavy (non-hydrogen) atoms. The summed E-state index contributed by atoms with van der Waals surface area (Å²) in [7, 11) is 0. The largest absolute Gasteiger partial charge is 0.433 e. The quantitative estimate of drug-likeness (QED) is 0.0901. The van der Waals surface area contributed by atoms with E-state index in [0.717, 1.165) is 37.2 Å². The number of pyridine rings is 1. The number of nitrogens with one attached hydrogen (secondary N) is 1. The number of nitrogens with zero attached hydrogens (tertiary/aromatic N) is 3. The number of aliphatic imine (C=N–C) groups is 1. The first-order valence-corrected chi connectivity index (χ1v) is 14.7. The fourth-order valence-electron chi connectivity index (χ4n) is 5.53. The Labute approximate surface area is 237 Å². The molecule has 2 aromatic rings. The number of amidine groups is 1. The van der Waals surface area contributed by atoms with Crippen LogP contribution in [0.3, 0.4) is 0 Å². The normalized spacial score (nSPS) is 21.9. The van der Waals surface area contributed by atoms with Gasteiger partial charge in [-0.25, -0.2) is 13.2 Å². The summed E-state index contributed by atoms with van der Waals surface area (Å²) >= 11 is 6.95. The van der Waals surface area contributed by atoms with Crippen LogP contribution >= 0.6 is 23.4 Å². The number of carbonyl (C=O) groups is 1.